The zero-order valence-corrected chi connectivity index (χ0v) is 16.0. The SMILES string of the molecule is COCCN(Cc1nc(C(=O)OC)cs1)S(=O)(=O)c1ccc(Cl)cc1. The Balaban J connectivity index is 2.27. The van der Waals surface area contributed by atoms with Crippen molar-refractivity contribution in [1.29, 1.82) is 0 Å². The van der Waals surface area contributed by atoms with Crippen LogP contribution in [0.2, 0.25) is 5.02 Å². The molecule has 0 saturated carbocycles. The van der Waals surface area contributed by atoms with Crippen LogP contribution in [-0.4, -0.2) is 51.0 Å². The molecule has 0 amide bonds. The molecule has 0 N–H and O–H groups in total. The summed E-state index contributed by atoms with van der Waals surface area (Å²) < 4.78 is 36.6. The molecule has 0 unspecified atom stereocenters. The van der Waals surface area contributed by atoms with Crippen molar-refractivity contribution >= 4 is 38.9 Å². The van der Waals surface area contributed by atoms with Crippen LogP contribution in [0.15, 0.2) is 34.5 Å². The Morgan fingerprint density at radius 3 is 2.56 bits per heavy atom. The molecular weight excluding hydrogens is 388 g/mol. The highest BCUT2D eigenvalue weighted by atomic mass is 35.5. The number of methoxy groups -OCH3 is 2. The summed E-state index contributed by atoms with van der Waals surface area (Å²) in [5, 5.41) is 2.46. The Morgan fingerprint density at radius 2 is 1.96 bits per heavy atom. The average Bonchev–Trinajstić information content (AvgIpc) is 3.06. The van der Waals surface area contributed by atoms with E-state index in [0.29, 0.717) is 10.0 Å². The molecule has 0 saturated heterocycles. The summed E-state index contributed by atoms with van der Waals surface area (Å²) in [6.07, 6.45) is 0. The first-order chi connectivity index (χ1) is 11.9. The van der Waals surface area contributed by atoms with Crippen molar-refractivity contribution in [3.05, 3.63) is 45.4 Å². The number of aromatic nitrogens is 1. The molecule has 25 heavy (non-hydrogen) atoms. The second-order valence-corrected chi connectivity index (χ2v) is 8.22. The number of thiazole rings is 1. The van der Waals surface area contributed by atoms with E-state index >= 15 is 0 Å². The van der Waals surface area contributed by atoms with E-state index in [9.17, 15) is 13.2 Å². The Labute approximate surface area is 155 Å². The highest BCUT2D eigenvalue weighted by Gasteiger charge is 2.26. The zero-order chi connectivity index (χ0) is 18.4. The Kier molecular flexibility index (Phi) is 6.91. The predicted octanol–water partition coefficient (Wildman–Crippen LogP) is 2.42. The zero-order valence-electron chi connectivity index (χ0n) is 13.6. The maximum Gasteiger partial charge on any atom is 0.357 e. The topological polar surface area (TPSA) is 85.8 Å². The number of carbonyl (C=O) groups excluding carboxylic acids is 1. The molecule has 0 atom stereocenters. The lowest BCUT2D eigenvalue weighted by molar-refractivity contribution is 0.0594. The van der Waals surface area contributed by atoms with Gasteiger partial charge in [-0.25, -0.2) is 18.2 Å². The van der Waals surface area contributed by atoms with Crippen molar-refractivity contribution in [1.82, 2.24) is 9.29 Å². The molecule has 1 aromatic heterocycles. The van der Waals surface area contributed by atoms with Gasteiger partial charge in [0.25, 0.3) is 0 Å². The number of carbonyl (C=O) groups is 1. The normalized spacial score (nSPS) is 11.7. The summed E-state index contributed by atoms with van der Waals surface area (Å²) in [6.45, 7) is 0.395. The van der Waals surface area contributed by atoms with Crippen LogP contribution in [0.5, 0.6) is 0 Å². The Hall–Kier alpha value is -1.52. The van der Waals surface area contributed by atoms with Crippen LogP contribution in [-0.2, 0) is 26.0 Å². The minimum atomic E-state index is -3.76. The first kappa shape index (κ1) is 19.8. The van der Waals surface area contributed by atoms with Crippen LogP contribution in [0.4, 0.5) is 0 Å². The van der Waals surface area contributed by atoms with Gasteiger partial charge in [0.2, 0.25) is 10.0 Å². The largest absolute Gasteiger partial charge is 0.464 e. The Morgan fingerprint density at radius 1 is 1.28 bits per heavy atom. The van der Waals surface area contributed by atoms with E-state index in [1.807, 2.05) is 0 Å². The summed E-state index contributed by atoms with van der Waals surface area (Å²) in [4.78, 5) is 15.7. The first-order valence-corrected chi connectivity index (χ1v) is 9.85. The number of halogens is 1. The maximum atomic E-state index is 12.9. The van der Waals surface area contributed by atoms with E-state index < -0.39 is 16.0 Å². The Bertz CT molecular complexity index is 821. The quantitative estimate of drug-likeness (QED) is 0.628. The summed E-state index contributed by atoms with van der Waals surface area (Å²) in [7, 11) is -1.01. The fraction of sp³-hybridized carbons (Fsp3) is 0.333. The minimum absolute atomic E-state index is 0.0238. The maximum absolute atomic E-state index is 12.9. The first-order valence-electron chi connectivity index (χ1n) is 7.16. The summed E-state index contributed by atoms with van der Waals surface area (Å²) in [6, 6.07) is 5.92. The number of ether oxygens (including phenoxy) is 2. The van der Waals surface area contributed by atoms with Gasteiger partial charge in [0.1, 0.15) is 5.01 Å². The van der Waals surface area contributed by atoms with Crippen molar-refractivity contribution in [2.75, 3.05) is 27.4 Å². The molecule has 0 spiro atoms. The lowest BCUT2D eigenvalue weighted by Crippen LogP contribution is -2.33. The number of hydrogen-bond donors (Lipinski definition) is 0. The fourth-order valence-corrected chi connectivity index (χ4v) is 4.34. The van der Waals surface area contributed by atoms with E-state index in [0.717, 1.165) is 0 Å². The van der Waals surface area contributed by atoms with Crippen molar-refractivity contribution in [3.8, 4) is 0 Å². The standard InChI is InChI=1S/C15H17ClN2O5S2/c1-22-8-7-18(9-14-17-13(10-24-14)15(19)23-2)25(20,21)12-5-3-11(16)4-6-12/h3-6,10H,7-9H2,1-2H3. The van der Waals surface area contributed by atoms with Gasteiger partial charge < -0.3 is 9.47 Å². The summed E-state index contributed by atoms with van der Waals surface area (Å²) >= 11 is 7.01. The van der Waals surface area contributed by atoms with Gasteiger partial charge in [-0.05, 0) is 24.3 Å². The number of hydrogen-bond acceptors (Lipinski definition) is 7. The van der Waals surface area contributed by atoms with Gasteiger partial charge in [-0.2, -0.15) is 4.31 Å². The molecule has 10 heteroatoms. The van der Waals surface area contributed by atoms with Gasteiger partial charge in [-0.3, -0.25) is 0 Å². The molecule has 2 aromatic rings. The smallest absolute Gasteiger partial charge is 0.357 e. The third kappa shape index (κ3) is 4.99. The van der Waals surface area contributed by atoms with Crippen molar-refractivity contribution < 1.29 is 22.7 Å². The number of sulfonamides is 1. The second-order valence-electron chi connectivity index (χ2n) is 4.90. The van der Waals surface area contributed by atoms with E-state index in [4.69, 9.17) is 16.3 Å². The van der Waals surface area contributed by atoms with Crippen molar-refractivity contribution in [2.45, 2.75) is 11.4 Å². The molecule has 7 nitrogen and oxygen atoms in total. The van der Waals surface area contributed by atoms with Crippen LogP contribution in [0.1, 0.15) is 15.5 Å². The molecule has 0 aliphatic rings. The van der Waals surface area contributed by atoms with Crippen LogP contribution in [0.25, 0.3) is 0 Å². The summed E-state index contributed by atoms with van der Waals surface area (Å²) in [5.41, 5.74) is 0.151. The van der Waals surface area contributed by atoms with Crippen LogP contribution in [0.3, 0.4) is 0 Å². The van der Waals surface area contributed by atoms with Gasteiger partial charge in [-0.1, -0.05) is 11.6 Å². The number of benzene rings is 1. The third-order valence-corrected chi connectivity index (χ3v) is 6.20. The highest BCUT2D eigenvalue weighted by Crippen LogP contribution is 2.22. The molecule has 0 aliphatic heterocycles. The second kappa shape index (κ2) is 8.72. The molecule has 0 aliphatic carbocycles. The van der Waals surface area contributed by atoms with Gasteiger partial charge in [0, 0.05) is 24.1 Å². The van der Waals surface area contributed by atoms with Gasteiger partial charge in [0.05, 0.1) is 25.2 Å². The molecule has 0 radical (unpaired) electrons. The van der Waals surface area contributed by atoms with E-state index in [1.54, 1.807) is 0 Å². The third-order valence-electron chi connectivity index (χ3n) is 3.25. The number of nitrogens with zero attached hydrogens (tertiary/aromatic N) is 2. The predicted molar refractivity (Wildman–Crippen MR) is 94.4 cm³/mol. The van der Waals surface area contributed by atoms with Gasteiger partial charge in [0.15, 0.2) is 5.69 Å². The summed E-state index contributed by atoms with van der Waals surface area (Å²) in [5.74, 6) is -0.563. The van der Waals surface area contributed by atoms with Crippen molar-refractivity contribution in [3.63, 3.8) is 0 Å². The molecule has 0 bridgehead atoms. The molecule has 136 valence electrons. The van der Waals surface area contributed by atoms with E-state index in [1.165, 1.54) is 59.5 Å². The highest BCUT2D eigenvalue weighted by molar-refractivity contribution is 7.89. The van der Waals surface area contributed by atoms with Crippen LogP contribution < -0.4 is 0 Å². The molecular formula is C15H17ClN2O5S2. The average molecular weight is 405 g/mol. The lowest BCUT2D eigenvalue weighted by atomic mass is 10.4. The van der Waals surface area contributed by atoms with Crippen LogP contribution >= 0.6 is 22.9 Å². The van der Waals surface area contributed by atoms with Crippen molar-refractivity contribution in [2.24, 2.45) is 0 Å². The lowest BCUT2D eigenvalue weighted by Gasteiger charge is -2.21. The molecule has 2 rings (SSSR count). The van der Waals surface area contributed by atoms with Gasteiger partial charge in [-0.15, -0.1) is 11.3 Å². The van der Waals surface area contributed by atoms with E-state index in [2.05, 4.69) is 9.72 Å². The molecule has 1 heterocycles. The van der Waals surface area contributed by atoms with Gasteiger partial charge >= 0.3 is 5.97 Å². The van der Waals surface area contributed by atoms with E-state index in [-0.39, 0.29) is 30.3 Å². The molecule has 0 fully saturated rings. The van der Waals surface area contributed by atoms with Crippen LogP contribution in [0, 0.1) is 0 Å². The molecule has 1 aromatic carbocycles. The number of rotatable bonds is 8. The fourth-order valence-electron chi connectivity index (χ4n) is 1.97. The monoisotopic (exact) mass is 404 g/mol. The minimum Gasteiger partial charge on any atom is -0.464 e. The number of esters is 1.